The van der Waals surface area contributed by atoms with E-state index in [0.29, 0.717) is 6.54 Å². The number of furan rings is 1. The molecule has 0 aliphatic carbocycles. The quantitative estimate of drug-likeness (QED) is 0.598. The van der Waals surface area contributed by atoms with Crippen LogP contribution in [0.25, 0.3) is 0 Å². The third kappa shape index (κ3) is 4.24. The Kier molecular flexibility index (Phi) is 5.43. The zero-order valence-corrected chi connectivity index (χ0v) is 12.8. The highest BCUT2D eigenvalue weighted by Crippen LogP contribution is 2.24. The molecule has 1 aromatic rings. The lowest BCUT2D eigenvalue weighted by Crippen LogP contribution is -2.27. The SMILES string of the molecule is CCCCCN(C)C(=O)c1cc(S(=O)(=O)Cl)c(C)o1. The van der Waals surface area contributed by atoms with E-state index >= 15 is 0 Å². The summed E-state index contributed by atoms with van der Waals surface area (Å²) in [5.41, 5.74) is 0. The van der Waals surface area contributed by atoms with Gasteiger partial charge >= 0.3 is 0 Å². The molecule has 0 saturated heterocycles. The van der Waals surface area contributed by atoms with Crippen LogP contribution in [0, 0.1) is 6.92 Å². The van der Waals surface area contributed by atoms with E-state index in [9.17, 15) is 13.2 Å². The molecule has 1 amide bonds. The van der Waals surface area contributed by atoms with Crippen LogP contribution in [0.3, 0.4) is 0 Å². The summed E-state index contributed by atoms with van der Waals surface area (Å²) in [5, 5.41) is 0. The van der Waals surface area contributed by atoms with Crippen molar-refractivity contribution in [1.82, 2.24) is 4.90 Å². The molecular weight excluding hydrogens is 290 g/mol. The monoisotopic (exact) mass is 307 g/mol. The van der Waals surface area contributed by atoms with Gasteiger partial charge in [0.1, 0.15) is 10.7 Å². The highest BCUT2D eigenvalue weighted by Gasteiger charge is 2.23. The molecule has 108 valence electrons. The fourth-order valence-electron chi connectivity index (χ4n) is 1.70. The third-order valence-corrected chi connectivity index (χ3v) is 4.22. The molecule has 0 saturated carbocycles. The molecular formula is C12H18ClNO4S. The van der Waals surface area contributed by atoms with Crippen molar-refractivity contribution in [1.29, 1.82) is 0 Å². The van der Waals surface area contributed by atoms with Crippen molar-refractivity contribution in [2.45, 2.75) is 38.0 Å². The lowest BCUT2D eigenvalue weighted by atomic mass is 10.2. The predicted molar refractivity (Wildman–Crippen MR) is 73.0 cm³/mol. The van der Waals surface area contributed by atoms with E-state index in [1.165, 1.54) is 17.9 Å². The normalized spacial score (nSPS) is 11.6. The standard InChI is InChI=1S/C12H18ClNO4S/c1-4-5-6-7-14(3)12(15)10-8-11(9(2)18-10)19(13,16)17/h8H,4-7H2,1-3H3. The number of amides is 1. The number of hydrogen-bond donors (Lipinski definition) is 0. The van der Waals surface area contributed by atoms with E-state index in [1.807, 2.05) is 0 Å². The lowest BCUT2D eigenvalue weighted by Gasteiger charge is -2.15. The smallest absolute Gasteiger partial charge is 0.289 e. The molecule has 19 heavy (non-hydrogen) atoms. The maximum absolute atomic E-state index is 12.0. The Morgan fingerprint density at radius 3 is 2.53 bits per heavy atom. The zero-order chi connectivity index (χ0) is 14.6. The van der Waals surface area contributed by atoms with Gasteiger partial charge in [0.2, 0.25) is 0 Å². The lowest BCUT2D eigenvalue weighted by molar-refractivity contribution is 0.0760. The Bertz CT molecular complexity index is 550. The van der Waals surface area contributed by atoms with Crippen LogP contribution in [0.15, 0.2) is 15.4 Å². The molecule has 0 aliphatic heterocycles. The van der Waals surface area contributed by atoms with Crippen molar-refractivity contribution < 1.29 is 17.6 Å². The molecule has 1 rings (SSSR count). The number of halogens is 1. The molecule has 1 aromatic heterocycles. The molecule has 7 heteroatoms. The first-order chi connectivity index (χ1) is 8.77. The van der Waals surface area contributed by atoms with Crippen molar-refractivity contribution in [3.8, 4) is 0 Å². The van der Waals surface area contributed by atoms with Gasteiger partial charge in [0.05, 0.1) is 0 Å². The van der Waals surface area contributed by atoms with E-state index in [2.05, 4.69) is 6.92 Å². The Balaban J connectivity index is 2.84. The van der Waals surface area contributed by atoms with Gasteiger partial charge in [-0.15, -0.1) is 0 Å². The second kappa shape index (κ2) is 6.43. The first-order valence-electron chi connectivity index (χ1n) is 6.08. The van der Waals surface area contributed by atoms with Gasteiger partial charge in [-0.1, -0.05) is 19.8 Å². The maximum Gasteiger partial charge on any atom is 0.289 e. The summed E-state index contributed by atoms with van der Waals surface area (Å²) >= 11 is 0. The van der Waals surface area contributed by atoms with Crippen LogP contribution in [0.4, 0.5) is 0 Å². The predicted octanol–water partition coefficient (Wildman–Crippen LogP) is 2.78. The highest BCUT2D eigenvalue weighted by atomic mass is 35.7. The molecule has 0 spiro atoms. The molecule has 0 N–H and O–H groups in total. The van der Waals surface area contributed by atoms with Gasteiger partial charge in [-0.05, 0) is 13.3 Å². The van der Waals surface area contributed by atoms with Crippen LogP contribution in [0.2, 0.25) is 0 Å². The molecule has 5 nitrogen and oxygen atoms in total. The van der Waals surface area contributed by atoms with Crippen LogP contribution in [-0.2, 0) is 9.05 Å². The van der Waals surface area contributed by atoms with E-state index in [0.717, 1.165) is 19.3 Å². The summed E-state index contributed by atoms with van der Waals surface area (Å²) in [7, 11) is 3.02. The average Bonchev–Trinajstić information content (AvgIpc) is 2.70. The van der Waals surface area contributed by atoms with E-state index in [1.54, 1.807) is 7.05 Å². The Morgan fingerprint density at radius 1 is 1.42 bits per heavy atom. The number of nitrogens with zero attached hydrogens (tertiary/aromatic N) is 1. The molecule has 0 unspecified atom stereocenters. The second-order valence-corrected chi connectivity index (χ2v) is 6.94. The number of carbonyl (C=O) groups excluding carboxylic acids is 1. The first-order valence-corrected chi connectivity index (χ1v) is 8.38. The molecule has 0 fully saturated rings. The summed E-state index contributed by atoms with van der Waals surface area (Å²) in [6.45, 7) is 4.15. The van der Waals surface area contributed by atoms with Crippen molar-refractivity contribution in [2.24, 2.45) is 0 Å². The minimum atomic E-state index is -3.89. The number of rotatable bonds is 6. The summed E-state index contributed by atoms with van der Waals surface area (Å²) in [5.74, 6) is -0.221. The largest absolute Gasteiger partial charge is 0.455 e. The van der Waals surface area contributed by atoms with Crippen LogP contribution in [0.1, 0.15) is 42.5 Å². The van der Waals surface area contributed by atoms with Crippen molar-refractivity contribution >= 4 is 25.6 Å². The van der Waals surface area contributed by atoms with Gasteiger partial charge in [-0.3, -0.25) is 4.79 Å². The second-order valence-electron chi connectivity index (χ2n) is 4.40. The van der Waals surface area contributed by atoms with Crippen LogP contribution < -0.4 is 0 Å². The first kappa shape index (κ1) is 16.0. The molecule has 0 radical (unpaired) electrons. The van der Waals surface area contributed by atoms with Crippen LogP contribution in [0.5, 0.6) is 0 Å². The van der Waals surface area contributed by atoms with E-state index in [-0.39, 0.29) is 22.3 Å². The van der Waals surface area contributed by atoms with Crippen molar-refractivity contribution in [3.63, 3.8) is 0 Å². The van der Waals surface area contributed by atoms with Gasteiger partial charge in [0.15, 0.2) is 5.76 Å². The van der Waals surface area contributed by atoms with Crippen LogP contribution >= 0.6 is 10.7 Å². The number of unbranched alkanes of at least 4 members (excludes halogenated alkanes) is 2. The van der Waals surface area contributed by atoms with Gasteiger partial charge in [0, 0.05) is 30.3 Å². The zero-order valence-electron chi connectivity index (χ0n) is 11.3. The summed E-state index contributed by atoms with van der Waals surface area (Å²) in [6.07, 6.45) is 3.01. The van der Waals surface area contributed by atoms with Gasteiger partial charge in [0.25, 0.3) is 15.0 Å². The topological polar surface area (TPSA) is 67.6 Å². The molecule has 0 atom stereocenters. The Morgan fingerprint density at radius 2 is 2.05 bits per heavy atom. The molecule has 0 bridgehead atoms. The molecule has 1 heterocycles. The van der Waals surface area contributed by atoms with Gasteiger partial charge in [-0.2, -0.15) is 0 Å². The van der Waals surface area contributed by atoms with Crippen molar-refractivity contribution in [3.05, 3.63) is 17.6 Å². The average molecular weight is 308 g/mol. The number of hydrogen-bond acceptors (Lipinski definition) is 4. The minimum absolute atomic E-state index is 0.00396. The molecule has 0 aromatic carbocycles. The van der Waals surface area contributed by atoms with Gasteiger partial charge in [-0.25, -0.2) is 8.42 Å². The summed E-state index contributed by atoms with van der Waals surface area (Å²) in [4.78, 5) is 13.4. The molecule has 0 aliphatic rings. The number of aryl methyl sites for hydroxylation is 1. The van der Waals surface area contributed by atoms with Crippen molar-refractivity contribution in [2.75, 3.05) is 13.6 Å². The fourth-order valence-corrected chi connectivity index (χ4v) is 2.79. The fraction of sp³-hybridized carbons (Fsp3) is 0.583. The van der Waals surface area contributed by atoms with E-state index < -0.39 is 9.05 Å². The maximum atomic E-state index is 12.0. The third-order valence-electron chi connectivity index (χ3n) is 2.79. The Hall–Kier alpha value is -1.01. The van der Waals surface area contributed by atoms with E-state index in [4.69, 9.17) is 15.1 Å². The van der Waals surface area contributed by atoms with Crippen LogP contribution in [-0.4, -0.2) is 32.8 Å². The van der Waals surface area contributed by atoms with Gasteiger partial charge < -0.3 is 9.32 Å². The highest BCUT2D eigenvalue weighted by molar-refractivity contribution is 8.13. The Labute approximate surface area is 117 Å². The summed E-state index contributed by atoms with van der Waals surface area (Å²) < 4.78 is 27.7. The number of carbonyl (C=O) groups is 1. The minimum Gasteiger partial charge on any atom is -0.455 e. The summed E-state index contributed by atoms with van der Waals surface area (Å²) in [6, 6.07) is 1.18.